The van der Waals surface area contributed by atoms with Crippen LogP contribution in [0.2, 0.25) is 0 Å². The summed E-state index contributed by atoms with van der Waals surface area (Å²) in [5.74, 6) is 0.608. The molecule has 1 saturated carbocycles. The van der Waals surface area contributed by atoms with Crippen LogP contribution in [0.1, 0.15) is 51.9 Å². The van der Waals surface area contributed by atoms with Crippen LogP contribution in [0, 0.1) is 5.92 Å². The van der Waals surface area contributed by atoms with Crippen LogP contribution in [0.15, 0.2) is 0 Å². The molecule has 0 aromatic rings. The fourth-order valence-electron chi connectivity index (χ4n) is 2.04. The van der Waals surface area contributed by atoms with E-state index in [9.17, 15) is 9.90 Å². The highest BCUT2D eigenvalue weighted by atomic mass is 16.3. The maximum Gasteiger partial charge on any atom is 0.161 e. The Labute approximate surface area is 80.3 Å². The highest BCUT2D eigenvalue weighted by Crippen LogP contribution is 2.26. The molecule has 13 heavy (non-hydrogen) atoms. The zero-order valence-electron chi connectivity index (χ0n) is 8.46. The number of rotatable bonds is 4. The lowest BCUT2D eigenvalue weighted by molar-refractivity contribution is -0.128. The first-order valence-electron chi connectivity index (χ1n) is 5.44. The maximum atomic E-state index is 11.4. The molecule has 0 bridgehead atoms. The molecule has 0 saturated heterocycles. The van der Waals surface area contributed by atoms with E-state index in [-0.39, 0.29) is 5.78 Å². The van der Waals surface area contributed by atoms with Crippen LogP contribution in [0.4, 0.5) is 0 Å². The molecule has 0 aromatic heterocycles. The van der Waals surface area contributed by atoms with E-state index in [1.165, 1.54) is 32.1 Å². The van der Waals surface area contributed by atoms with Gasteiger partial charge in [0.05, 0.1) is 0 Å². The Morgan fingerprint density at radius 3 is 2.54 bits per heavy atom. The Kier molecular flexibility index (Phi) is 4.43. The van der Waals surface area contributed by atoms with Gasteiger partial charge < -0.3 is 5.11 Å². The van der Waals surface area contributed by atoms with Gasteiger partial charge in [0.1, 0.15) is 6.10 Å². The molecule has 1 unspecified atom stereocenters. The van der Waals surface area contributed by atoms with Crippen LogP contribution in [0.5, 0.6) is 0 Å². The van der Waals surface area contributed by atoms with E-state index < -0.39 is 6.10 Å². The first-order chi connectivity index (χ1) is 6.24. The van der Waals surface area contributed by atoms with Crippen LogP contribution in [0.3, 0.4) is 0 Å². The summed E-state index contributed by atoms with van der Waals surface area (Å²) in [5, 5.41) is 9.31. The lowest BCUT2D eigenvalue weighted by Crippen LogP contribution is -2.23. The average molecular weight is 184 g/mol. The van der Waals surface area contributed by atoms with Crippen molar-refractivity contribution in [2.24, 2.45) is 5.92 Å². The summed E-state index contributed by atoms with van der Waals surface area (Å²) in [6, 6.07) is 0. The van der Waals surface area contributed by atoms with Gasteiger partial charge in [0.2, 0.25) is 0 Å². The summed E-state index contributed by atoms with van der Waals surface area (Å²) >= 11 is 0. The lowest BCUT2D eigenvalue weighted by atomic mass is 9.85. The molecule has 0 aliphatic heterocycles. The second kappa shape index (κ2) is 5.38. The number of aliphatic hydroxyl groups excluding tert-OH is 1. The summed E-state index contributed by atoms with van der Waals surface area (Å²) in [4.78, 5) is 11.4. The normalized spacial score (nSPS) is 21.4. The van der Waals surface area contributed by atoms with Crippen molar-refractivity contribution in [3.05, 3.63) is 0 Å². The molecule has 0 radical (unpaired) electrons. The fraction of sp³-hybridized carbons (Fsp3) is 0.909. The number of aliphatic hydroxyl groups is 1. The molecule has 0 heterocycles. The molecule has 0 aromatic carbocycles. The van der Waals surface area contributed by atoms with E-state index in [1.807, 2.05) is 6.92 Å². The molecule has 2 nitrogen and oxygen atoms in total. The van der Waals surface area contributed by atoms with E-state index in [1.54, 1.807) is 0 Å². The standard InChI is InChI=1S/C11H20O2/c1-2-10(12)11(13)8-9-6-4-3-5-7-9/h9-10,12H,2-8H2,1H3. The molecule has 2 heteroatoms. The largest absolute Gasteiger partial charge is 0.385 e. The SMILES string of the molecule is CCC(O)C(=O)CC1CCCCC1. The van der Waals surface area contributed by atoms with E-state index >= 15 is 0 Å². The van der Waals surface area contributed by atoms with E-state index in [0.717, 1.165) is 0 Å². The molecule has 1 N–H and O–H groups in total. The smallest absolute Gasteiger partial charge is 0.161 e. The lowest BCUT2D eigenvalue weighted by Gasteiger charge is -2.21. The number of Topliss-reactive ketones (excluding diaryl/α,β-unsaturated/α-hetero) is 1. The predicted octanol–water partition coefficient (Wildman–Crippen LogP) is 2.30. The highest BCUT2D eigenvalue weighted by molar-refractivity contribution is 5.82. The van der Waals surface area contributed by atoms with Crippen molar-refractivity contribution < 1.29 is 9.90 Å². The van der Waals surface area contributed by atoms with Gasteiger partial charge in [-0.2, -0.15) is 0 Å². The zero-order valence-corrected chi connectivity index (χ0v) is 8.46. The Balaban J connectivity index is 2.26. The maximum absolute atomic E-state index is 11.4. The Hall–Kier alpha value is -0.370. The molecule has 1 aliphatic carbocycles. The summed E-state index contributed by atoms with van der Waals surface area (Å²) in [5.41, 5.74) is 0. The first kappa shape index (κ1) is 10.7. The minimum absolute atomic E-state index is 0.0504. The third-order valence-electron chi connectivity index (χ3n) is 2.97. The van der Waals surface area contributed by atoms with Crippen molar-refractivity contribution in [2.75, 3.05) is 0 Å². The van der Waals surface area contributed by atoms with Gasteiger partial charge >= 0.3 is 0 Å². The van der Waals surface area contributed by atoms with Gasteiger partial charge in [-0.3, -0.25) is 4.79 Å². The van der Waals surface area contributed by atoms with Crippen LogP contribution in [-0.4, -0.2) is 17.0 Å². The molecule has 0 spiro atoms. The quantitative estimate of drug-likeness (QED) is 0.728. The van der Waals surface area contributed by atoms with Gasteiger partial charge in [-0.1, -0.05) is 39.0 Å². The molecular weight excluding hydrogens is 164 g/mol. The second-order valence-corrected chi connectivity index (χ2v) is 4.10. The average Bonchev–Trinajstić information content (AvgIpc) is 2.18. The number of ketones is 1. The van der Waals surface area contributed by atoms with Crippen molar-refractivity contribution in [1.82, 2.24) is 0 Å². The molecule has 1 aliphatic rings. The third-order valence-corrected chi connectivity index (χ3v) is 2.97. The van der Waals surface area contributed by atoms with Gasteiger partial charge in [-0.25, -0.2) is 0 Å². The third kappa shape index (κ3) is 3.47. The van der Waals surface area contributed by atoms with Crippen molar-refractivity contribution >= 4 is 5.78 Å². The van der Waals surface area contributed by atoms with Crippen LogP contribution in [-0.2, 0) is 4.79 Å². The molecule has 1 fully saturated rings. The second-order valence-electron chi connectivity index (χ2n) is 4.10. The van der Waals surface area contributed by atoms with Gasteiger partial charge in [-0.05, 0) is 12.3 Å². The Bertz CT molecular complexity index is 159. The molecule has 76 valence electrons. The summed E-state index contributed by atoms with van der Waals surface area (Å²) in [6.07, 6.45) is 6.67. The number of hydrogen-bond acceptors (Lipinski definition) is 2. The van der Waals surface area contributed by atoms with Crippen LogP contribution < -0.4 is 0 Å². The van der Waals surface area contributed by atoms with Crippen molar-refractivity contribution in [3.63, 3.8) is 0 Å². The van der Waals surface area contributed by atoms with Crippen LogP contribution in [0.25, 0.3) is 0 Å². The van der Waals surface area contributed by atoms with Gasteiger partial charge in [0, 0.05) is 6.42 Å². The minimum Gasteiger partial charge on any atom is -0.385 e. The predicted molar refractivity (Wildman–Crippen MR) is 52.5 cm³/mol. The molecule has 0 amide bonds. The number of carbonyl (C=O) groups is 1. The number of carbonyl (C=O) groups excluding carboxylic acids is 1. The molecular formula is C11H20O2. The minimum atomic E-state index is -0.707. The van der Waals surface area contributed by atoms with E-state index in [0.29, 0.717) is 18.8 Å². The zero-order chi connectivity index (χ0) is 9.68. The summed E-state index contributed by atoms with van der Waals surface area (Å²) < 4.78 is 0. The fourth-order valence-corrected chi connectivity index (χ4v) is 2.04. The monoisotopic (exact) mass is 184 g/mol. The van der Waals surface area contributed by atoms with Crippen LogP contribution >= 0.6 is 0 Å². The Morgan fingerprint density at radius 2 is 2.00 bits per heavy atom. The van der Waals surface area contributed by atoms with E-state index in [2.05, 4.69) is 0 Å². The molecule has 1 atom stereocenters. The highest BCUT2D eigenvalue weighted by Gasteiger charge is 2.20. The van der Waals surface area contributed by atoms with E-state index in [4.69, 9.17) is 0 Å². The summed E-state index contributed by atoms with van der Waals surface area (Å²) in [6.45, 7) is 1.85. The molecule has 1 rings (SSSR count). The van der Waals surface area contributed by atoms with Gasteiger partial charge in [0.25, 0.3) is 0 Å². The van der Waals surface area contributed by atoms with Crippen molar-refractivity contribution in [3.8, 4) is 0 Å². The number of hydrogen-bond donors (Lipinski definition) is 1. The topological polar surface area (TPSA) is 37.3 Å². The van der Waals surface area contributed by atoms with Crippen molar-refractivity contribution in [1.29, 1.82) is 0 Å². The van der Waals surface area contributed by atoms with Crippen molar-refractivity contribution in [2.45, 2.75) is 58.0 Å². The van der Waals surface area contributed by atoms with Gasteiger partial charge in [-0.15, -0.1) is 0 Å². The van der Waals surface area contributed by atoms with Gasteiger partial charge in [0.15, 0.2) is 5.78 Å². The summed E-state index contributed by atoms with van der Waals surface area (Å²) in [7, 11) is 0. The first-order valence-corrected chi connectivity index (χ1v) is 5.44. The Morgan fingerprint density at radius 1 is 1.38 bits per heavy atom.